The molecule has 40 heavy (non-hydrogen) atoms. The summed E-state index contributed by atoms with van der Waals surface area (Å²) in [6, 6.07) is 39.6. The molecular weight excluding hydrogens is 600 g/mol. The topological polar surface area (TPSA) is 26.7 Å². The fourth-order valence-corrected chi connectivity index (χ4v) is 5.85. The number of unbranched alkanes of at least 4 members (excludes halogenated alkanes) is 1. The number of aryl methyl sites for hydroxylation is 1. The number of hydrogen-bond acceptors (Lipinski definition) is 3. The fraction of sp³-hybridized carbons (Fsp3) is 0.257. The summed E-state index contributed by atoms with van der Waals surface area (Å²) in [5.41, 5.74) is 3.69. The molecule has 1 fully saturated rings. The van der Waals surface area contributed by atoms with Crippen LogP contribution in [0, 0.1) is 0 Å². The number of piperazine rings is 1. The minimum absolute atomic E-state index is 0. The van der Waals surface area contributed by atoms with Crippen molar-refractivity contribution in [2.45, 2.75) is 25.3 Å². The van der Waals surface area contributed by atoms with E-state index in [9.17, 15) is 5.11 Å². The molecule has 5 aromatic carbocycles. The average molecular weight is 637 g/mol. The third-order valence-corrected chi connectivity index (χ3v) is 8.18. The van der Waals surface area contributed by atoms with Gasteiger partial charge >= 0.3 is 17.1 Å². The summed E-state index contributed by atoms with van der Waals surface area (Å²) in [5.74, 6) is 0.376. The Balaban J connectivity index is 0.000000557. The van der Waals surface area contributed by atoms with Gasteiger partial charge in [0.15, 0.2) is 0 Å². The molecule has 0 aliphatic carbocycles. The van der Waals surface area contributed by atoms with Gasteiger partial charge in [0.2, 0.25) is 0 Å². The zero-order valence-electron chi connectivity index (χ0n) is 22.8. The second-order valence-electron chi connectivity index (χ2n) is 10.3. The summed E-state index contributed by atoms with van der Waals surface area (Å²) in [5, 5.41) is 13.4. The normalized spacial score (nSPS) is 14.7. The molecule has 0 amide bonds. The van der Waals surface area contributed by atoms with Crippen LogP contribution in [0.3, 0.4) is 0 Å². The van der Waals surface area contributed by atoms with E-state index < -0.39 is 0 Å². The summed E-state index contributed by atoms with van der Waals surface area (Å²) in [7, 11) is 0. The molecule has 1 N–H and O–H groups in total. The third-order valence-electron chi connectivity index (χ3n) is 7.66. The number of hydrogen-bond donors (Lipinski definition) is 1. The number of phenols is 1. The van der Waals surface area contributed by atoms with Crippen molar-refractivity contribution < 1.29 is 22.2 Å². The average Bonchev–Trinajstić information content (AvgIpc) is 3.72. The molecule has 1 unspecified atom stereocenters. The maximum Gasteiger partial charge on any atom is 2.00 e. The van der Waals surface area contributed by atoms with Crippen molar-refractivity contribution in [2.75, 3.05) is 32.7 Å². The zero-order valence-corrected chi connectivity index (χ0v) is 25.5. The van der Waals surface area contributed by atoms with E-state index in [1.807, 2.05) is 42.5 Å². The van der Waals surface area contributed by atoms with E-state index in [2.05, 4.69) is 98.5 Å². The maximum absolute atomic E-state index is 11.1. The Morgan fingerprint density at radius 2 is 1.50 bits per heavy atom. The molecule has 0 aromatic heterocycles. The first-order valence-corrected chi connectivity index (χ1v) is 14.8. The van der Waals surface area contributed by atoms with Gasteiger partial charge in [0.25, 0.3) is 0 Å². The summed E-state index contributed by atoms with van der Waals surface area (Å²) in [6.45, 7) is 5.28. The van der Waals surface area contributed by atoms with Crippen LogP contribution in [0.5, 0.6) is 5.75 Å². The molecule has 0 bridgehead atoms. The molecule has 1 heterocycles. The van der Waals surface area contributed by atoms with Gasteiger partial charge in [-0.3, -0.25) is 4.90 Å². The molecule has 1 atom stereocenters. The SMILES string of the molecule is Oc1ccc2ccccc2c1C(c1ccc(Br)cc1)N1CCN(CCCC[c-]2cccc2)CC1.[Fe+2].c1cc[cH-]c1. The Kier molecular flexibility index (Phi) is 11.6. The Labute approximate surface area is 257 Å². The van der Waals surface area contributed by atoms with E-state index in [0.29, 0.717) is 5.75 Å². The smallest absolute Gasteiger partial charge is 0.508 e. The van der Waals surface area contributed by atoms with Gasteiger partial charge in [-0.2, -0.15) is 35.9 Å². The molecule has 208 valence electrons. The van der Waals surface area contributed by atoms with Crippen LogP contribution in [0.4, 0.5) is 0 Å². The van der Waals surface area contributed by atoms with Crippen molar-refractivity contribution in [1.82, 2.24) is 9.80 Å². The van der Waals surface area contributed by atoms with Crippen LogP contribution in [0.25, 0.3) is 10.8 Å². The first-order chi connectivity index (χ1) is 19.2. The minimum Gasteiger partial charge on any atom is -0.508 e. The molecule has 3 nitrogen and oxygen atoms in total. The van der Waals surface area contributed by atoms with Gasteiger partial charge in [0.1, 0.15) is 5.75 Å². The molecule has 1 saturated heterocycles. The summed E-state index contributed by atoms with van der Waals surface area (Å²) in [6.07, 6.45) is 3.67. The van der Waals surface area contributed by atoms with Gasteiger partial charge in [-0.1, -0.05) is 71.2 Å². The maximum atomic E-state index is 11.1. The number of phenolic OH excluding ortho intramolecular Hbond substituents is 1. The van der Waals surface area contributed by atoms with Crippen LogP contribution in [0.1, 0.15) is 35.6 Å². The van der Waals surface area contributed by atoms with Gasteiger partial charge in [-0.15, -0.1) is 0 Å². The molecule has 0 spiro atoms. The molecule has 1 aliphatic rings. The van der Waals surface area contributed by atoms with E-state index in [-0.39, 0.29) is 23.1 Å². The predicted octanol–water partition coefficient (Wildman–Crippen LogP) is 8.16. The number of halogens is 1. The molecule has 1 aliphatic heterocycles. The van der Waals surface area contributed by atoms with Gasteiger partial charge in [-0.05, 0) is 47.5 Å². The van der Waals surface area contributed by atoms with E-state index in [1.54, 1.807) is 0 Å². The van der Waals surface area contributed by atoms with Gasteiger partial charge in [0, 0.05) is 36.2 Å². The van der Waals surface area contributed by atoms with Gasteiger partial charge in [0.05, 0.1) is 6.04 Å². The first kappa shape index (κ1) is 30.3. The second kappa shape index (κ2) is 15.4. The van der Waals surface area contributed by atoms with Crippen LogP contribution >= 0.6 is 15.9 Å². The Hall–Kier alpha value is -2.66. The fourth-order valence-electron chi connectivity index (χ4n) is 5.59. The third kappa shape index (κ3) is 7.96. The number of rotatable bonds is 8. The molecule has 0 radical (unpaired) electrons. The zero-order chi connectivity index (χ0) is 26.9. The second-order valence-corrected chi connectivity index (χ2v) is 11.2. The monoisotopic (exact) mass is 636 g/mol. The van der Waals surface area contributed by atoms with Crippen molar-refractivity contribution in [3.05, 3.63) is 136 Å². The quantitative estimate of drug-likeness (QED) is 0.106. The minimum atomic E-state index is 0. The van der Waals surface area contributed by atoms with Crippen molar-refractivity contribution >= 4 is 26.7 Å². The summed E-state index contributed by atoms with van der Waals surface area (Å²) >= 11 is 3.58. The van der Waals surface area contributed by atoms with Crippen molar-refractivity contribution in [3.63, 3.8) is 0 Å². The first-order valence-electron chi connectivity index (χ1n) is 14.0. The Morgan fingerprint density at radius 3 is 2.17 bits per heavy atom. The Morgan fingerprint density at radius 1 is 0.800 bits per heavy atom. The van der Waals surface area contributed by atoms with Crippen LogP contribution in [-0.4, -0.2) is 47.6 Å². The summed E-state index contributed by atoms with van der Waals surface area (Å²) < 4.78 is 1.07. The van der Waals surface area contributed by atoms with Crippen molar-refractivity contribution in [2.24, 2.45) is 0 Å². The molecule has 5 aromatic rings. The van der Waals surface area contributed by atoms with E-state index in [1.165, 1.54) is 35.8 Å². The Bertz CT molecular complexity index is 1370. The molecule has 6 rings (SSSR count). The standard InChI is InChI=1S/C30H32BrN2O.C5H5.Fe/c31-26-15-12-25(13-16-26)30(29-27-11-4-3-10-24(27)14-17-28(29)34)33-21-19-32(20-22-33)18-6-5-9-23-7-1-2-8-23;1-2-4-5-3-1;/h1-4,7-8,10-17,30,34H,5-6,9,18-22H2;1-5H;/q2*-1;+2. The van der Waals surface area contributed by atoms with Gasteiger partial charge < -0.3 is 10.0 Å². The van der Waals surface area contributed by atoms with Crippen LogP contribution in [0.2, 0.25) is 0 Å². The number of benzene rings is 3. The molecule has 5 heteroatoms. The van der Waals surface area contributed by atoms with Crippen molar-refractivity contribution in [1.29, 1.82) is 0 Å². The molecular formula is C35H37BrFeN2O. The van der Waals surface area contributed by atoms with Gasteiger partial charge in [-0.25, -0.2) is 24.3 Å². The predicted molar refractivity (Wildman–Crippen MR) is 167 cm³/mol. The summed E-state index contributed by atoms with van der Waals surface area (Å²) in [4.78, 5) is 5.15. The van der Waals surface area contributed by atoms with Crippen LogP contribution < -0.4 is 0 Å². The van der Waals surface area contributed by atoms with E-state index in [4.69, 9.17) is 0 Å². The number of fused-ring (bicyclic) bond motifs is 1. The number of nitrogens with zero attached hydrogens (tertiary/aromatic N) is 2. The van der Waals surface area contributed by atoms with E-state index in [0.717, 1.165) is 48.1 Å². The van der Waals surface area contributed by atoms with Crippen molar-refractivity contribution in [3.8, 4) is 5.75 Å². The van der Waals surface area contributed by atoms with Crippen LogP contribution in [-0.2, 0) is 23.5 Å². The number of aromatic hydroxyl groups is 1. The van der Waals surface area contributed by atoms with E-state index >= 15 is 0 Å². The van der Waals surface area contributed by atoms with Crippen LogP contribution in [0.15, 0.2) is 120 Å². The molecule has 0 saturated carbocycles. The largest absolute Gasteiger partial charge is 2.00 e.